The highest BCUT2D eigenvalue weighted by Crippen LogP contribution is 2.21. The summed E-state index contributed by atoms with van der Waals surface area (Å²) >= 11 is 1.37. The molecule has 1 aromatic heterocycles. The van der Waals surface area contributed by atoms with Crippen LogP contribution in [-0.4, -0.2) is 29.1 Å². The molecule has 2 N–H and O–H groups in total. The molecule has 0 saturated heterocycles. The summed E-state index contributed by atoms with van der Waals surface area (Å²) < 4.78 is 5.09. The lowest BCUT2D eigenvalue weighted by Gasteiger charge is -2.20. The molecule has 2 atom stereocenters. The highest BCUT2D eigenvalue weighted by atomic mass is 32.1. The summed E-state index contributed by atoms with van der Waals surface area (Å²) in [4.78, 5) is 16.9. The number of nitrogens with one attached hydrogen (secondary N) is 1. The minimum absolute atomic E-state index is 0.211. The Morgan fingerprint density at radius 1 is 1.41 bits per heavy atom. The van der Waals surface area contributed by atoms with E-state index in [-0.39, 0.29) is 5.91 Å². The number of hydrogen-bond donors (Lipinski definition) is 2. The van der Waals surface area contributed by atoms with Crippen LogP contribution in [0.1, 0.15) is 40.2 Å². The third-order valence-electron chi connectivity index (χ3n) is 3.37. The molecule has 0 fully saturated rings. The van der Waals surface area contributed by atoms with Gasteiger partial charge < -0.3 is 15.2 Å². The molecule has 2 unspecified atom stereocenters. The van der Waals surface area contributed by atoms with Gasteiger partial charge in [-0.1, -0.05) is 19.1 Å². The van der Waals surface area contributed by atoms with Crippen LogP contribution in [0.4, 0.5) is 0 Å². The standard InChI is InChI=1S/C16H20N2O3S/c1-4-14-17-9-13(22-14)16(20)18-10(2)15(19)11-5-7-12(21-3)8-6-11/h5-10,15,19H,4H2,1-3H3,(H,18,20). The van der Waals surface area contributed by atoms with Gasteiger partial charge in [0.25, 0.3) is 5.91 Å². The molecule has 0 aliphatic rings. The Morgan fingerprint density at radius 3 is 2.64 bits per heavy atom. The Bertz CT molecular complexity index is 625. The fourth-order valence-electron chi connectivity index (χ4n) is 2.03. The van der Waals surface area contributed by atoms with E-state index in [0.717, 1.165) is 22.7 Å². The largest absolute Gasteiger partial charge is 0.497 e. The summed E-state index contributed by atoms with van der Waals surface area (Å²) in [5.74, 6) is 0.515. The van der Waals surface area contributed by atoms with Crippen molar-refractivity contribution >= 4 is 17.2 Å². The van der Waals surface area contributed by atoms with E-state index in [2.05, 4.69) is 10.3 Å². The van der Waals surface area contributed by atoms with Crippen molar-refractivity contribution in [3.63, 3.8) is 0 Å². The van der Waals surface area contributed by atoms with Gasteiger partial charge in [0.2, 0.25) is 0 Å². The van der Waals surface area contributed by atoms with E-state index in [1.807, 2.05) is 6.92 Å². The van der Waals surface area contributed by atoms with Crippen LogP contribution < -0.4 is 10.1 Å². The molecule has 1 amide bonds. The van der Waals surface area contributed by atoms with Crippen molar-refractivity contribution in [2.24, 2.45) is 0 Å². The third-order valence-corrected chi connectivity index (χ3v) is 4.51. The lowest BCUT2D eigenvalue weighted by Crippen LogP contribution is -2.36. The van der Waals surface area contributed by atoms with Gasteiger partial charge in [-0.25, -0.2) is 4.98 Å². The second-order valence-corrected chi connectivity index (χ2v) is 6.07. The van der Waals surface area contributed by atoms with Gasteiger partial charge in [-0.05, 0) is 31.0 Å². The average molecular weight is 320 g/mol. The number of aromatic nitrogens is 1. The van der Waals surface area contributed by atoms with Crippen LogP contribution in [-0.2, 0) is 6.42 Å². The smallest absolute Gasteiger partial charge is 0.263 e. The normalized spacial score (nSPS) is 13.5. The minimum atomic E-state index is -0.784. The number of nitrogens with zero attached hydrogens (tertiary/aromatic N) is 1. The van der Waals surface area contributed by atoms with E-state index in [4.69, 9.17) is 4.74 Å². The number of benzene rings is 1. The van der Waals surface area contributed by atoms with Crippen LogP contribution in [0.5, 0.6) is 5.75 Å². The van der Waals surface area contributed by atoms with Gasteiger partial charge >= 0.3 is 0 Å². The van der Waals surface area contributed by atoms with E-state index >= 15 is 0 Å². The third kappa shape index (κ3) is 3.84. The Morgan fingerprint density at radius 2 is 2.09 bits per heavy atom. The van der Waals surface area contributed by atoms with Gasteiger partial charge in [-0.2, -0.15) is 0 Å². The Kier molecular flexibility index (Phi) is 5.51. The Labute approximate surface area is 134 Å². The lowest BCUT2D eigenvalue weighted by molar-refractivity contribution is 0.0855. The molecule has 2 aromatic rings. The highest BCUT2D eigenvalue weighted by Gasteiger charge is 2.20. The first-order valence-corrected chi connectivity index (χ1v) is 7.94. The quantitative estimate of drug-likeness (QED) is 0.858. The van der Waals surface area contributed by atoms with Gasteiger partial charge in [0.1, 0.15) is 10.6 Å². The number of aryl methyl sites for hydroxylation is 1. The van der Waals surface area contributed by atoms with Crippen LogP contribution in [0.25, 0.3) is 0 Å². The van der Waals surface area contributed by atoms with Crippen molar-refractivity contribution in [1.29, 1.82) is 0 Å². The first-order chi connectivity index (χ1) is 10.5. The van der Waals surface area contributed by atoms with Gasteiger partial charge in [-0.15, -0.1) is 11.3 Å². The maximum Gasteiger partial charge on any atom is 0.263 e. The van der Waals surface area contributed by atoms with E-state index in [0.29, 0.717) is 4.88 Å². The maximum absolute atomic E-state index is 12.1. The van der Waals surface area contributed by atoms with E-state index in [1.165, 1.54) is 11.3 Å². The molecule has 0 saturated carbocycles. The zero-order chi connectivity index (χ0) is 16.1. The van der Waals surface area contributed by atoms with Gasteiger partial charge in [-0.3, -0.25) is 4.79 Å². The van der Waals surface area contributed by atoms with Gasteiger partial charge in [0.05, 0.1) is 30.5 Å². The Hall–Kier alpha value is -1.92. The Balaban J connectivity index is 2.00. The maximum atomic E-state index is 12.1. The van der Waals surface area contributed by atoms with E-state index in [1.54, 1.807) is 44.5 Å². The summed E-state index contributed by atoms with van der Waals surface area (Å²) in [5.41, 5.74) is 0.729. The predicted molar refractivity (Wildman–Crippen MR) is 86.4 cm³/mol. The van der Waals surface area contributed by atoms with Crippen LogP contribution in [0.2, 0.25) is 0 Å². The molecule has 1 heterocycles. The van der Waals surface area contributed by atoms with Crippen LogP contribution >= 0.6 is 11.3 Å². The molecule has 5 nitrogen and oxygen atoms in total. The van der Waals surface area contributed by atoms with Crippen molar-refractivity contribution in [2.75, 3.05) is 7.11 Å². The summed E-state index contributed by atoms with van der Waals surface area (Å²) in [6, 6.07) is 6.73. The number of carbonyl (C=O) groups excluding carboxylic acids is 1. The number of aliphatic hydroxyl groups is 1. The summed E-state index contributed by atoms with van der Waals surface area (Å²) in [6.45, 7) is 3.77. The summed E-state index contributed by atoms with van der Waals surface area (Å²) in [5, 5.41) is 14.1. The average Bonchev–Trinajstić information content (AvgIpc) is 3.03. The lowest BCUT2D eigenvalue weighted by atomic mass is 10.0. The molecular weight excluding hydrogens is 300 g/mol. The van der Waals surface area contributed by atoms with Crippen molar-refractivity contribution in [1.82, 2.24) is 10.3 Å². The van der Waals surface area contributed by atoms with Gasteiger partial charge in [0, 0.05) is 0 Å². The van der Waals surface area contributed by atoms with Crippen LogP contribution in [0.15, 0.2) is 30.5 Å². The number of rotatable bonds is 6. The molecule has 0 bridgehead atoms. The number of amides is 1. The monoisotopic (exact) mass is 320 g/mol. The summed E-state index contributed by atoms with van der Waals surface area (Å²) in [6.07, 6.45) is 1.60. The van der Waals surface area contributed by atoms with Crippen molar-refractivity contribution in [3.05, 3.63) is 45.9 Å². The zero-order valence-corrected chi connectivity index (χ0v) is 13.7. The number of thiazole rings is 1. The molecule has 0 spiro atoms. The first kappa shape index (κ1) is 16.5. The van der Waals surface area contributed by atoms with Crippen molar-refractivity contribution in [3.8, 4) is 5.75 Å². The molecule has 0 aliphatic heterocycles. The second kappa shape index (κ2) is 7.38. The van der Waals surface area contributed by atoms with E-state index in [9.17, 15) is 9.90 Å². The van der Waals surface area contributed by atoms with E-state index < -0.39 is 12.1 Å². The molecule has 22 heavy (non-hydrogen) atoms. The summed E-state index contributed by atoms with van der Waals surface area (Å²) in [7, 11) is 1.59. The fourth-order valence-corrected chi connectivity index (χ4v) is 2.79. The van der Waals surface area contributed by atoms with Crippen LogP contribution in [0.3, 0.4) is 0 Å². The minimum Gasteiger partial charge on any atom is -0.497 e. The second-order valence-electron chi connectivity index (χ2n) is 4.95. The predicted octanol–water partition coefficient (Wildman–Crippen LogP) is 2.57. The van der Waals surface area contributed by atoms with Crippen LogP contribution in [0, 0.1) is 0 Å². The molecule has 118 valence electrons. The molecular formula is C16H20N2O3S. The SMILES string of the molecule is CCc1ncc(C(=O)NC(C)C(O)c2ccc(OC)cc2)s1. The molecule has 2 rings (SSSR count). The van der Waals surface area contributed by atoms with Crippen molar-refractivity contribution in [2.45, 2.75) is 32.4 Å². The number of ether oxygens (including phenoxy) is 1. The molecule has 1 aromatic carbocycles. The number of aliphatic hydroxyl groups excluding tert-OH is 1. The fraction of sp³-hybridized carbons (Fsp3) is 0.375. The van der Waals surface area contributed by atoms with Crippen molar-refractivity contribution < 1.29 is 14.6 Å². The first-order valence-electron chi connectivity index (χ1n) is 7.12. The van der Waals surface area contributed by atoms with Gasteiger partial charge in [0.15, 0.2) is 0 Å². The number of methoxy groups -OCH3 is 1. The highest BCUT2D eigenvalue weighted by molar-refractivity contribution is 7.13. The molecule has 0 aliphatic carbocycles. The number of hydrogen-bond acceptors (Lipinski definition) is 5. The molecule has 0 radical (unpaired) electrons. The zero-order valence-electron chi connectivity index (χ0n) is 12.9. The topological polar surface area (TPSA) is 71.5 Å². The molecule has 6 heteroatoms. The number of carbonyl (C=O) groups is 1.